The SMILES string of the molecule is C=C/C(=C\CC)CCCOC. The molecule has 11 heavy (non-hydrogen) atoms. The minimum absolute atomic E-state index is 0.842. The van der Waals surface area contributed by atoms with Crippen molar-refractivity contribution in [3.63, 3.8) is 0 Å². The minimum Gasteiger partial charge on any atom is -0.385 e. The van der Waals surface area contributed by atoms with Gasteiger partial charge in [0.25, 0.3) is 0 Å². The first-order chi connectivity index (χ1) is 5.35. The van der Waals surface area contributed by atoms with Crippen LogP contribution in [0.25, 0.3) is 0 Å². The molecule has 0 saturated carbocycles. The van der Waals surface area contributed by atoms with E-state index in [1.165, 1.54) is 5.57 Å². The number of allylic oxidation sites excluding steroid dienone is 3. The smallest absolute Gasteiger partial charge is 0.0465 e. The van der Waals surface area contributed by atoms with E-state index in [1.807, 2.05) is 6.08 Å². The fourth-order valence-electron chi connectivity index (χ4n) is 0.970. The van der Waals surface area contributed by atoms with Gasteiger partial charge in [-0.2, -0.15) is 0 Å². The van der Waals surface area contributed by atoms with E-state index in [2.05, 4.69) is 19.6 Å². The normalized spacial score (nSPS) is 11.6. The van der Waals surface area contributed by atoms with Gasteiger partial charge in [-0.3, -0.25) is 0 Å². The molecule has 0 aliphatic carbocycles. The highest BCUT2D eigenvalue weighted by Crippen LogP contribution is 2.06. The quantitative estimate of drug-likeness (QED) is 0.422. The summed E-state index contributed by atoms with van der Waals surface area (Å²) >= 11 is 0. The second-order valence-corrected chi connectivity index (χ2v) is 2.49. The number of rotatable bonds is 6. The van der Waals surface area contributed by atoms with Gasteiger partial charge in [0.15, 0.2) is 0 Å². The van der Waals surface area contributed by atoms with E-state index >= 15 is 0 Å². The van der Waals surface area contributed by atoms with Crippen LogP contribution in [0.1, 0.15) is 26.2 Å². The Labute approximate surface area is 69.8 Å². The lowest BCUT2D eigenvalue weighted by molar-refractivity contribution is 0.195. The van der Waals surface area contributed by atoms with E-state index in [9.17, 15) is 0 Å². The van der Waals surface area contributed by atoms with Gasteiger partial charge in [-0.15, -0.1) is 0 Å². The highest BCUT2D eigenvalue weighted by Gasteiger charge is 1.90. The fourth-order valence-corrected chi connectivity index (χ4v) is 0.970. The zero-order chi connectivity index (χ0) is 8.53. The van der Waals surface area contributed by atoms with Crippen molar-refractivity contribution in [1.29, 1.82) is 0 Å². The second-order valence-electron chi connectivity index (χ2n) is 2.49. The Balaban J connectivity index is 3.52. The van der Waals surface area contributed by atoms with Gasteiger partial charge in [-0.25, -0.2) is 0 Å². The molecule has 0 aromatic rings. The number of ether oxygens (including phenoxy) is 1. The minimum atomic E-state index is 0.842. The number of hydrogen-bond donors (Lipinski definition) is 0. The summed E-state index contributed by atoms with van der Waals surface area (Å²) in [7, 11) is 1.73. The monoisotopic (exact) mass is 154 g/mol. The van der Waals surface area contributed by atoms with E-state index < -0.39 is 0 Å². The van der Waals surface area contributed by atoms with Gasteiger partial charge in [-0.1, -0.05) is 31.2 Å². The van der Waals surface area contributed by atoms with Crippen molar-refractivity contribution < 1.29 is 4.74 Å². The lowest BCUT2D eigenvalue weighted by atomic mass is 10.1. The van der Waals surface area contributed by atoms with Crippen LogP contribution < -0.4 is 0 Å². The van der Waals surface area contributed by atoms with Gasteiger partial charge in [0.05, 0.1) is 0 Å². The maximum Gasteiger partial charge on any atom is 0.0465 e. The van der Waals surface area contributed by atoms with E-state index in [1.54, 1.807) is 7.11 Å². The molecule has 0 spiro atoms. The summed E-state index contributed by atoms with van der Waals surface area (Å²) in [5, 5.41) is 0. The summed E-state index contributed by atoms with van der Waals surface area (Å²) < 4.78 is 4.95. The van der Waals surface area contributed by atoms with Crippen LogP contribution >= 0.6 is 0 Å². The van der Waals surface area contributed by atoms with Gasteiger partial charge >= 0.3 is 0 Å². The van der Waals surface area contributed by atoms with E-state index in [0.717, 1.165) is 25.9 Å². The molecular weight excluding hydrogens is 136 g/mol. The summed E-state index contributed by atoms with van der Waals surface area (Å²) in [6.45, 7) is 6.73. The second kappa shape index (κ2) is 7.55. The third-order valence-electron chi connectivity index (χ3n) is 1.54. The van der Waals surface area contributed by atoms with Crippen molar-refractivity contribution >= 4 is 0 Å². The van der Waals surface area contributed by atoms with Crippen molar-refractivity contribution in [2.75, 3.05) is 13.7 Å². The van der Waals surface area contributed by atoms with E-state index in [-0.39, 0.29) is 0 Å². The molecule has 0 saturated heterocycles. The molecule has 0 atom stereocenters. The predicted molar refractivity (Wildman–Crippen MR) is 49.7 cm³/mol. The van der Waals surface area contributed by atoms with Gasteiger partial charge in [0.2, 0.25) is 0 Å². The first kappa shape index (κ1) is 10.4. The molecule has 1 heteroatoms. The van der Waals surface area contributed by atoms with Crippen molar-refractivity contribution in [2.24, 2.45) is 0 Å². The molecule has 0 unspecified atom stereocenters. The predicted octanol–water partition coefficient (Wildman–Crippen LogP) is 2.94. The largest absolute Gasteiger partial charge is 0.385 e. The average Bonchev–Trinajstić information content (AvgIpc) is 2.03. The first-order valence-electron chi connectivity index (χ1n) is 4.15. The lowest BCUT2D eigenvalue weighted by Gasteiger charge is -2.00. The third kappa shape index (κ3) is 5.86. The van der Waals surface area contributed by atoms with Gasteiger partial charge in [-0.05, 0) is 19.3 Å². The van der Waals surface area contributed by atoms with Crippen LogP contribution in [0.4, 0.5) is 0 Å². The van der Waals surface area contributed by atoms with Crippen LogP contribution in [-0.2, 0) is 4.74 Å². The molecule has 1 nitrogen and oxygen atoms in total. The molecule has 0 aliphatic rings. The van der Waals surface area contributed by atoms with E-state index in [4.69, 9.17) is 4.74 Å². The molecule has 0 fully saturated rings. The van der Waals surface area contributed by atoms with Crippen molar-refractivity contribution in [3.8, 4) is 0 Å². The molecule has 0 rings (SSSR count). The molecular formula is C10H18O. The zero-order valence-electron chi connectivity index (χ0n) is 7.60. The fraction of sp³-hybridized carbons (Fsp3) is 0.600. The zero-order valence-corrected chi connectivity index (χ0v) is 7.60. The van der Waals surface area contributed by atoms with E-state index in [0.29, 0.717) is 0 Å². The Hall–Kier alpha value is -0.560. The van der Waals surface area contributed by atoms with Gasteiger partial charge in [0.1, 0.15) is 0 Å². The Morgan fingerprint density at radius 3 is 2.73 bits per heavy atom. The highest BCUT2D eigenvalue weighted by molar-refractivity contribution is 5.15. The Bertz CT molecular complexity index is 125. The van der Waals surface area contributed by atoms with Crippen LogP contribution in [-0.4, -0.2) is 13.7 Å². The molecule has 0 heterocycles. The first-order valence-corrected chi connectivity index (χ1v) is 4.15. The van der Waals surface area contributed by atoms with Crippen LogP contribution in [0.15, 0.2) is 24.3 Å². The summed E-state index contributed by atoms with van der Waals surface area (Å²) in [6.07, 6.45) is 7.41. The summed E-state index contributed by atoms with van der Waals surface area (Å²) in [4.78, 5) is 0. The van der Waals surface area contributed by atoms with Crippen LogP contribution in [0.2, 0.25) is 0 Å². The Morgan fingerprint density at radius 2 is 2.27 bits per heavy atom. The molecule has 0 radical (unpaired) electrons. The number of hydrogen-bond acceptors (Lipinski definition) is 1. The topological polar surface area (TPSA) is 9.23 Å². The average molecular weight is 154 g/mol. The maximum atomic E-state index is 4.95. The summed E-state index contributed by atoms with van der Waals surface area (Å²) in [6, 6.07) is 0. The Morgan fingerprint density at radius 1 is 1.55 bits per heavy atom. The molecule has 0 amide bonds. The molecule has 0 aromatic carbocycles. The van der Waals surface area contributed by atoms with Crippen molar-refractivity contribution in [2.45, 2.75) is 26.2 Å². The Kier molecular flexibility index (Phi) is 7.16. The summed E-state index contributed by atoms with van der Waals surface area (Å²) in [5.74, 6) is 0. The van der Waals surface area contributed by atoms with Crippen molar-refractivity contribution in [1.82, 2.24) is 0 Å². The molecule has 0 aromatic heterocycles. The van der Waals surface area contributed by atoms with Gasteiger partial charge in [0, 0.05) is 13.7 Å². The molecule has 64 valence electrons. The maximum absolute atomic E-state index is 4.95. The standard InChI is InChI=1S/C10H18O/c1-4-7-10(5-2)8-6-9-11-3/h5,7H,2,4,6,8-9H2,1,3H3/b10-7+. The molecule has 0 bridgehead atoms. The number of methoxy groups -OCH3 is 1. The molecule has 0 N–H and O–H groups in total. The summed E-state index contributed by atoms with van der Waals surface area (Å²) in [5.41, 5.74) is 1.34. The van der Waals surface area contributed by atoms with Gasteiger partial charge < -0.3 is 4.74 Å². The third-order valence-corrected chi connectivity index (χ3v) is 1.54. The highest BCUT2D eigenvalue weighted by atomic mass is 16.5. The van der Waals surface area contributed by atoms with Crippen LogP contribution in [0.3, 0.4) is 0 Å². The lowest BCUT2D eigenvalue weighted by Crippen LogP contribution is -1.89. The van der Waals surface area contributed by atoms with Crippen molar-refractivity contribution in [3.05, 3.63) is 24.3 Å². The molecule has 0 aliphatic heterocycles. The van der Waals surface area contributed by atoms with Crippen LogP contribution in [0, 0.1) is 0 Å². The van der Waals surface area contributed by atoms with Crippen LogP contribution in [0.5, 0.6) is 0 Å².